The Morgan fingerprint density at radius 1 is 0.900 bits per heavy atom. The van der Waals surface area contributed by atoms with E-state index in [-0.39, 0.29) is 0 Å². The van der Waals surface area contributed by atoms with Gasteiger partial charge in [-0.15, -0.1) is 0 Å². The summed E-state index contributed by atoms with van der Waals surface area (Å²) < 4.78 is 0. The largest absolute Gasteiger partial charge is 0.310 e. The second kappa shape index (κ2) is 1.18. The number of hydrogen-bond acceptors (Lipinski definition) is 1. The van der Waals surface area contributed by atoms with Crippen LogP contribution in [0.2, 0.25) is 0 Å². The van der Waals surface area contributed by atoms with E-state index in [9.17, 15) is 0 Å². The summed E-state index contributed by atoms with van der Waals surface area (Å²) in [5.41, 5.74) is 0. The molecule has 4 fully saturated rings. The molecule has 0 amide bonds. The van der Waals surface area contributed by atoms with Crippen molar-refractivity contribution in [3.63, 3.8) is 0 Å². The summed E-state index contributed by atoms with van der Waals surface area (Å²) in [6.07, 6.45) is 4.67. The highest BCUT2D eigenvalue weighted by Gasteiger charge is 2.64. The third-order valence-electron chi connectivity index (χ3n) is 4.27. The number of fused-ring (bicyclic) bond motifs is 7. The van der Waals surface area contributed by atoms with Crippen LogP contribution in [-0.4, -0.2) is 12.1 Å². The molecule has 2 saturated heterocycles. The van der Waals surface area contributed by atoms with Gasteiger partial charge in [-0.05, 0) is 42.9 Å². The van der Waals surface area contributed by atoms with E-state index >= 15 is 0 Å². The first-order valence-electron chi connectivity index (χ1n) is 4.69. The van der Waals surface area contributed by atoms with Crippen molar-refractivity contribution in [2.45, 2.75) is 31.3 Å². The van der Waals surface area contributed by atoms with Crippen molar-refractivity contribution in [1.29, 1.82) is 0 Å². The fourth-order valence-electron chi connectivity index (χ4n) is 3.60. The van der Waals surface area contributed by atoms with Gasteiger partial charge < -0.3 is 5.32 Å². The maximum Gasteiger partial charge on any atom is 0.0132 e. The molecule has 2 heterocycles. The molecule has 4 rings (SSSR count). The van der Waals surface area contributed by atoms with Crippen molar-refractivity contribution in [2.24, 2.45) is 23.7 Å². The molecule has 0 radical (unpaired) electrons. The van der Waals surface area contributed by atoms with Crippen LogP contribution in [0.4, 0.5) is 0 Å². The molecule has 0 aromatic heterocycles. The van der Waals surface area contributed by atoms with Gasteiger partial charge in [0.2, 0.25) is 0 Å². The smallest absolute Gasteiger partial charge is 0.0132 e. The van der Waals surface area contributed by atoms with E-state index in [4.69, 9.17) is 0 Å². The molecule has 1 N–H and O–H groups in total. The summed E-state index contributed by atoms with van der Waals surface area (Å²) in [6.45, 7) is 0. The minimum absolute atomic E-state index is 0.971. The highest BCUT2D eigenvalue weighted by Crippen LogP contribution is 2.63. The van der Waals surface area contributed by atoms with Gasteiger partial charge in [-0.2, -0.15) is 0 Å². The second-order valence-corrected chi connectivity index (χ2v) is 4.76. The monoisotopic (exact) mass is 135 g/mol. The van der Waals surface area contributed by atoms with Crippen LogP contribution < -0.4 is 5.32 Å². The van der Waals surface area contributed by atoms with Gasteiger partial charge in [0.25, 0.3) is 0 Å². The van der Waals surface area contributed by atoms with Gasteiger partial charge in [-0.25, -0.2) is 0 Å². The first-order valence-corrected chi connectivity index (χ1v) is 4.69. The van der Waals surface area contributed by atoms with Gasteiger partial charge in [0.05, 0.1) is 0 Å². The van der Waals surface area contributed by atoms with Crippen molar-refractivity contribution in [3.8, 4) is 0 Å². The zero-order valence-corrected chi connectivity index (χ0v) is 6.09. The van der Waals surface area contributed by atoms with E-state index in [0.717, 1.165) is 29.8 Å². The lowest BCUT2D eigenvalue weighted by atomic mass is 10.0. The van der Waals surface area contributed by atoms with Gasteiger partial charge in [0.1, 0.15) is 0 Å². The molecule has 0 aromatic carbocycles. The molecule has 1 nitrogen and oxygen atoms in total. The minimum atomic E-state index is 0.971. The van der Waals surface area contributed by atoms with Gasteiger partial charge in [-0.1, -0.05) is 0 Å². The Labute approximate surface area is 61.2 Å². The number of rotatable bonds is 0. The molecule has 2 aliphatic carbocycles. The second-order valence-electron chi connectivity index (χ2n) is 4.76. The van der Waals surface area contributed by atoms with E-state index in [1.807, 2.05) is 0 Å². The molecule has 2 aliphatic heterocycles. The topological polar surface area (TPSA) is 12.0 Å². The molecular formula is C9H13N. The minimum Gasteiger partial charge on any atom is -0.310 e. The summed E-state index contributed by atoms with van der Waals surface area (Å²) in [4.78, 5) is 0. The lowest BCUT2D eigenvalue weighted by Crippen LogP contribution is -2.39. The van der Waals surface area contributed by atoms with Crippen molar-refractivity contribution in [1.82, 2.24) is 5.32 Å². The molecule has 10 heavy (non-hydrogen) atoms. The summed E-state index contributed by atoms with van der Waals surface area (Å²) in [6, 6.07) is 1.97. The molecular weight excluding hydrogens is 122 g/mol. The van der Waals surface area contributed by atoms with Crippen LogP contribution in [-0.2, 0) is 0 Å². The fraction of sp³-hybridized carbons (Fsp3) is 1.00. The number of piperidine rings is 2. The first kappa shape index (κ1) is 4.76. The van der Waals surface area contributed by atoms with E-state index in [0.29, 0.717) is 0 Å². The highest BCUT2D eigenvalue weighted by molar-refractivity contribution is 5.18. The average molecular weight is 135 g/mol. The summed E-state index contributed by atoms with van der Waals surface area (Å²) in [7, 11) is 0. The molecule has 0 aromatic rings. The zero-order valence-electron chi connectivity index (χ0n) is 6.09. The van der Waals surface area contributed by atoms with Crippen LogP contribution in [0.15, 0.2) is 0 Å². The maximum absolute atomic E-state index is 3.78. The normalized spacial score (nSPS) is 74.4. The number of hydrogen-bond donors (Lipinski definition) is 1. The Morgan fingerprint density at radius 2 is 1.90 bits per heavy atom. The van der Waals surface area contributed by atoms with E-state index in [2.05, 4.69) is 5.32 Å². The zero-order chi connectivity index (χ0) is 6.29. The van der Waals surface area contributed by atoms with Crippen molar-refractivity contribution < 1.29 is 0 Å². The van der Waals surface area contributed by atoms with E-state index in [1.165, 1.54) is 12.3 Å². The SMILES string of the molecule is C1C2CC2[C@H]2NC1C1CC12. The third kappa shape index (κ3) is 0.378. The number of nitrogens with one attached hydrogen (secondary N) is 1. The molecule has 54 valence electrons. The Morgan fingerprint density at radius 3 is 2.90 bits per heavy atom. The molecule has 2 bridgehead atoms. The van der Waals surface area contributed by atoms with Crippen molar-refractivity contribution in [2.75, 3.05) is 0 Å². The molecule has 1 heteroatoms. The average Bonchev–Trinajstić information content (AvgIpc) is 2.78. The van der Waals surface area contributed by atoms with Gasteiger partial charge in [0.15, 0.2) is 0 Å². The lowest BCUT2D eigenvalue weighted by Gasteiger charge is -2.23. The van der Waals surface area contributed by atoms with E-state index in [1.54, 1.807) is 12.8 Å². The van der Waals surface area contributed by atoms with Crippen LogP contribution in [0.5, 0.6) is 0 Å². The highest BCUT2D eigenvalue weighted by atomic mass is 15.1. The molecule has 6 atom stereocenters. The van der Waals surface area contributed by atoms with Crippen LogP contribution in [0, 0.1) is 23.7 Å². The lowest BCUT2D eigenvalue weighted by molar-refractivity contribution is 0.336. The summed E-state index contributed by atoms with van der Waals surface area (Å²) in [5, 5.41) is 3.78. The quantitative estimate of drug-likeness (QED) is 0.522. The van der Waals surface area contributed by atoms with Crippen LogP contribution in [0.25, 0.3) is 0 Å². The molecule has 5 unspecified atom stereocenters. The van der Waals surface area contributed by atoms with E-state index < -0.39 is 0 Å². The fourth-order valence-corrected chi connectivity index (χ4v) is 3.60. The van der Waals surface area contributed by atoms with Crippen molar-refractivity contribution in [3.05, 3.63) is 0 Å². The van der Waals surface area contributed by atoms with Gasteiger partial charge in [-0.3, -0.25) is 0 Å². The predicted molar refractivity (Wildman–Crippen MR) is 38.5 cm³/mol. The van der Waals surface area contributed by atoms with Crippen molar-refractivity contribution >= 4 is 0 Å². The standard InChI is InChI=1S/C9H13N/c1-4-2-8-6-3-7(6)9(10-8)5(1)4/h4-10H,1-3H2/t4?,5?,6?,7?,8?,9-/m1/s1. The summed E-state index contributed by atoms with van der Waals surface area (Å²) >= 11 is 0. The van der Waals surface area contributed by atoms with Gasteiger partial charge in [0, 0.05) is 12.1 Å². The molecule has 2 saturated carbocycles. The maximum atomic E-state index is 3.78. The Bertz CT molecular complexity index is 195. The van der Waals surface area contributed by atoms with Crippen LogP contribution in [0.3, 0.4) is 0 Å². The third-order valence-corrected chi connectivity index (χ3v) is 4.27. The first-order chi connectivity index (χ1) is 4.93. The summed E-state index contributed by atoms with van der Waals surface area (Å²) in [5.74, 6) is 4.58. The molecule has 0 spiro atoms. The predicted octanol–water partition coefficient (Wildman–Crippen LogP) is 1.00. The Kier molecular flexibility index (Phi) is 0.560. The Hall–Kier alpha value is -0.0400. The van der Waals surface area contributed by atoms with Crippen LogP contribution >= 0.6 is 0 Å². The molecule has 4 aliphatic rings. The van der Waals surface area contributed by atoms with Gasteiger partial charge >= 0.3 is 0 Å². The Balaban J connectivity index is 1.80. The van der Waals surface area contributed by atoms with Crippen LogP contribution in [0.1, 0.15) is 19.3 Å².